The van der Waals surface area contributed by atoms with Crippen LogP contribution in [0.25, 0.3) is 17.5 Å². The van der Waals surface area contributed by atoms with Gasteiger partial charge < -0.3 is 9.42 Å². The Morgan fingerprint density at radius 3 is 2.66 bits per heavy atom. The van der Waals surface area contributed by atoms with Gasteiger partial charge in [0.25, 0.3) is 5.69 Å². The van der Waals surface area contributed by atoms with Crippen molar-refractivity contribution >= 4 is 17.7 Å². The minimum absolute atomic E-state index is 0.0127. The maximum Gasteiger partial charge on any atom is 0.269 e. The molecule has 3 aromatic rings. The van der Waals surface area contributed by atoms with Crippen LogP contribution in [0.2, 0.25) is 0 Å². The summed E-state index contributed by atoms with van der Waals surface area (Å²) in [5.41, 5.74) is 1.58. The van der Waals surface area contributed by atoms with E-state index in [4.69, 9.17) is 4.52 Å². The van der Waals surface area contributed by atoms with E-state index in [0.717, 1.165) is 18.4 Å². The van der Waals surface area contributed by atoms with Gasteiger partial charge in [0, 0.05) is 30.3 Å². The molecule has 2 aromatic carbocycles. The maximum absolute atomic E-state index is 12.7. The summed E-state index contributed by atoms with van der Waals surface area (Å²) in [6.07, 6.45) is 4.72. The fourth-order valence-electron chi connectivity index (χ4n) is 3.33. The van der Waals surface area contributed by atoms with Crippen LogP contribution in [0.1, 0.15) is 30.3 Å². The quantitative estimate of drug-likeness (QED) is 0.370. The standard InChI is InChI=1S/C21H18N4O4/c26-19(13-10-15-8-11-17(12-9-15)25(27)28)24-14-4-7-18(24)21-22-20(23-29-21)16-5-2-1-3-6-16/h1-3,5-6,8-13,18H,4,7,14H2/b13-10+. The molecule has 0 N–H and O–H groups in total. The first-order valence-corrected chi connectivity index (χ1v) is 9.24. The molecule has 8 heteroatoms. The number of nitro groups is 1. The first-order valence-electron chi connectivity index (χ1n) is 9.24. The van der Waals surface area contributed by atoms with Crippen LogP contribution >= 0.6 is 0 Å². The predicted molar refractivity (Wildman–Crippen MR) is 106 cm³/mol. The molecule has 0 radical (unpaired) electrons. The molecule has 0 bridgehead atoms. The Morgan fingerprint density at radius 2 is 1.93 bits per heavy atom. The molecule has 4 rings (SSSR count). The molecule has 1 aliphatic rings. The molecule has 1 saturated heterocycles. The van der Waals surface area contributed by atoms with Crippen LogP contribution in [0, 0.1) is 10.1 Å². The van der Waals surface area contributed by atoms with Crippen molar-refractivity contribution in [1.82, 2.24) is 15.0 Å². The van der Waals surface area contributed by atoms with Crippen LogP contribution in [0.4, 0.5) is 5.69 Å². The van der Waals surface area contributed by atoms with Gasteiger partial charge in [0.2, 0.25) is 17.6 Å². The molecule has 0 spiro atoms. The lowest BCUT2D eigenvalue weighted by molar-refractivity contribution is -0.384. The Bertz CT molecular complexity index is 1040. The molecule has 1 unspecified atom stereocenters. The van der Waals surface area contributed by atoms with Crippen LogP contribution in [0.3, 0.4) is 0 Å². The first kappa shape index (κ1) is 18.5. The average molecular weight is 390 g/mol. The maximum atomic E-state index is 12.7. The molecule has 2 heterocycles. The number of nitrogens with zero attached hydrogens (tertiary/aromatic N) is 4. The van der Waals surface area contributed by atoms with Crippen molar-refractivity contribution in [3.05, 3.63) is 82.2 Å². The molecule has 1 fully saturated rings. The second-order valence-corrected chi connectivity index (χ2v) is 6.69. The van der Waals surface area contributed by atoms with Gasteiger partial charge in [0.1, 0.15) is 6.04 Å². The van der Waals surface area contributed by atoms with Gasteiger partial charge in [0.05, 0.1) is 4.92 Å². The highest BCUT2D eigenvalue weighted by molar-refractivity contribution is 5.92. The van der Waals surface area contributed by atoms with Crippen LogP contribution in [-0.4, -0.2) is 32.4 Å². The van der Waals surface area contributed by atoms with Crippen molar-refractivity contribution < 1.29 is 14.2 Å². The topological polar surface area (TPSA) is 102 Å². The summed E-state index contributed by atoms with van der Waals surface area (Å²) in [7, 11) is 0. The molecular weight excluding hydrogens is 372 g/mol. The lowest BCUT2D eigenvalue weighted by Crippen LogP contribution is -2.29. The lowest BCUT2D eigenvalue weighted by atomic mass is 10.2. The minimum atomic E-state index is -0.457. The Kier molecular flexibility index (Phi) is 5.15. The third kappa shape index (κ3) is 4.06. The number of carbonyl (C=O) groups is 1. The Balaban J connectivity index is 1.47. The third-order valence-electron chi connectivity index (χ3n) is 4.82. The van der Waals surface area contributed by atoms with Gasteiger partial charge in [-0.2, -0.15) is 4.98 Å². The largest absolute Gasteiger partial charge is 0.337 e. The molecule has 1 aliphatic heterocycles. The molecule has 146 valence electrons. The highest BCUT2D eigenvalue weighted by Gasteiger charge is 2.33. The summed E-state index contributed by atoms with van der Waals surface area (Å²) < 4.78 is 5.44. The number of likely N-dealkylation sites (tertiary alicyclic amines) is 1. The van der Waals surface area contributed by atoms with Crippen LogP contribution in [0.5, 0.6) is 0 Å². The van der Waals surface area contributed by atoms with E-state index in [1.807, 2.05) is 30.3 Å². The number of benzene rings is 2. The average Bonchev–Trinajstić information content (AvgIpc) is 3.42. The first-order chi connectivity index (χ1) is 14.1. The second kappa shape index (κ2) is 8.05. The molecular formula is C21H18N4O4. The van der Waals surface area contributed by atoms with Crippen LogP contribution in [-0.2, 0) is 4.79 Å². The summed E-state index contributed by atoms with van der Waals surface area (Å²) in [6, 6.07) is 15.3. The number of hydrogen-bond donors (Lipinski definition) is 0. The van der Waals surface area contributed by atoms with E-state index in [9.17, 15) is 14.9 Å². The summed E-state index contributed by atoms with van der Waals surface area (Å²) in [4.78, 5) is 29.2. The zero-order valence-corrected chi connectivity index (χ0v) is 15.5. The molecule has 1 atom stereocenters. The smallest absolute Gasteiger partial charge is 0.269 e. The summed E-state index contributed by atoms with van der Waals surface area (Å²) >= 11 is 0. The molecule has 0 aliphatic carbocycles. The van der Waals surface area contributed by atoms with Crippen LogP contribution in [0.15, 0.2) is 65.2 Å². The Hall–Kier alpha value is -3.81. The Morgan fingerprint density at radius 1 is 1.17 bits per heavy atom. The minimum Gasteiger partial charge on any atom is -0.337 e. The van der Waals surface area contributed by atoms with Crippen molar-refractivity contribution in [3.8, 4) is 11.4 Å². The number of hydrogen-bond acceptors (Lipinski definition) is 6. The number of nitro benzene ring substituents is 1. The van der Waals surface area contributed by atoms with E-state index in [0.29, 0.717) is 23.8 Å². The van der Waals surface area contributed by atoms with E-state index >= 15 is 0 Å². The number of carbonyl (C=O) groups excluding carboxylic acids is 1. The Labute approximate surface area is 166 Å². The summed E-state index contributed by atoms with van der Waals surface area (Å²) in [6.45, 7) is 0.608. The third-order valence-corrected chi connectivity index (χ3v) is 4.82. The summed E-state index contributed by atoms with van der Waals surface area (Å²) in [5.74, 6) is 0.769. The van der Waals surface area contributed by atoms with Gasteiger partial charge in [0.15, 0.2) is 0 Å². The SMILES string of the molecule is O=C(/C=C/c1ccc([N+](=O)[O-])cc1)N1CCCC1c1nc(-c2ccccc2)no1. The van der Waals surface area contributed by atoms with Crippen molar-refractivity contribution in [2.75, 3.05) is 6.54 Å². The predicted octanol–water partition coefficient (Wildman–Crippen LogP) is 4.02. The fourth-order valence-corrected chi connectivity index (χ4v) is 3.33. The summed E-state index contributed by atoms with van der Waals surface area (Å²) in [5, 5.41) is 14.8. The van der Waals surface area contributed by atoms with Crippen molar-refractivity contribution in [2.24, 2.45) is 0 Å². The highest BCUT2D eigenvalue weighted by Crippen LogP contribution is 2.32. The van der Waals surface area contributed by atoms with Gasteiger partial charge in [-0.15, -0.1) is 0 Å². The van der Waals surface area contributed by atoms with E-state index in [-0.39, 0.29) is 17.6 Å². The van der Waals surface area contributed by atoms with Gasteiger partial charge in [-0.05, 0) is 36.6 Å². The highest BCUT2D eigenvalue weighted by atomic mass is 16.6. The molecule has 0 saturated carbocycles. The van der Waals surface area contributed by atoms with Crippen molar-refractivity contribution in [1.29, 1.82) is 0 Å². The van der Waals surface area contributed by atoms with Gasteiger partial charge >= 0.3 is 0 Å². The molecule has 1 aromatic heterocycles. The molecule has 1 amide bonds. The fraction of sp³-hybridized carbons (Fsp3) is 0.190. The normalized spacial score (nSPS) is 16.4. The van der Waals surface area contributed by atoms with Crippen LogP contribution < -0.4 is 0 Å². The lowest BCUT2D eigenvalue weighted by Gasteiger charge is -2.20. The monoisotopic (exact) mass is 390 g/mol. The zero-order valence-electron chi connectivity index (χ0n) is 15.5. The van der Waals surface area contributed by atoms with E-state index in [1.165, 1.54) is 18.2 Å². The number of aromatic nitrogens is 2. The van der Waals surface area contributed by atoms with Crippen molar-refractivity contribution in [3.63, 3.8) is 0 Å². The van der Waals surface area contributed by atoms with E-state index < -0.39 is 4.92 Å². The van der Waals surface area contributed by atoms with Gasteiger partial charge in [-0.3, -0.25) is 14.9 Å². The van der Waals surface area contributed by atoms with Crippen molar-refractivity contribution in [2.45, 2.75) is 18.9 Å². The zero-order chi connectivity index (χ0) is 20.2. The number of rotatable bonds is 5. The van der Waals surface area contributed by atoms with E-state index in [1.54, 1.807) is 23.1 Å². The van der Waals surface area contributed by atoms with E-state index in [2.05, 4.69) is 10.1 Å². The number of amides is 1. The van der Waals surface area contributed by atoms with Gasteiger partial charge in [-0.1, -0.05) is 35.5 Å². The molecule has 29 heavy (non-hydrogen) atoms. The molecule has 8 nitrogen and oxygen atoms in total. The second-order valence-electron chi connectivity index (χ2n) is 6.69. The number of non-ortho nitro benzene ring substituents is 1. The van der Waals surface area contributed by atoms with Gasteiger partial charge in [-0.25, -0.2) is 0 Å².